The number of nitrogens with zero attached hydrogens (tertiary/aromatic N) is 1. The second-order valence-corrected chi connectivity index (χ2v) is 4.58. The molecule has 17 heavy (non-hydrogen) atoms. The summed E-state index contributed by atoms with van der Waals surface area (Å²) in [7, 11) is 1.67. The minimum absolute atomic E-state index is 0.0133. The van der Waals surface area contributed by atoms with E-state index >= 15 is 0 Å². The predicted molar refractivity (Wildman–Crippen MR) is 65.1 cm³/mol. The number of carbonyl (C=O) groups excluding carboxylic acids is 1. The smallest absolute Gasteiger partial charge is 0.231 e. The van der Waals surface area contributed by atoms with E-state index in [9.17, 15) is 9.18 Å². The Balaban J connectivity index is 2.14. The molecule has 2 N–H and O–H groups in total. The molecule has 0 aromatic heterocycles. The third-order valence-corrected chi connectivity index (χ3v) is 3.41. The largest absolute Gasteiger partial charge is 0.327 e. The number of carbonyl (C=O) groups is 1. The Kier molecular flexibility index (Phi) is 3.43. The summed E-state index contributed by atoms with van der Waals surface area (Å²) in [5, 5.41) is 0. The molecule has 92 valence electrons. The molecule has 2 atom stereocenters. The van der Waals surface area contributed by atoms with E-state index in [-0.39, 0.29) is 23.7 Å². The van der Waals surface area contributed by atoms with Crippen molar-refractivity contribution in [1.29, 1.82) is 0 Å². The molecule has 0 bridgehead atoms. The molecular weight excluding hydrogens is 219 g/mol. The zero-order valence-corrected chi connectivity index (χ0v) is 9.90. The Labute approximate surface area is 100 Å². The van der Waals surface area contributed by atoms with Gasteiger partial charge in [-0.2, -0.15) is 0 Å². The maximum Gasteiger partial charge on any atom is 0.231 e. The molecule has 0 spiro atoms. The van der Waals surface area contributed by atoms with Crippen LogP contribution in [0.2, 0.25) is 0 Å². The standard InChI is InChI=1S/C13H17FN2O/c1-16(10-5-2-4-9(14)8-10)13(17)11-6-3-7-12(11)15/h2,4-5,8,11-12H,3,6-7,15H2,1H3. The number of amides is 1. The van der Waals surface area contributed by atoms with Crippen molar-refractivity contribution >= 4 is 11.6 Å². The van der Waals surface area contributed by atoms with Gasteiger partial charge in [0.1, 0.15) is 5.82 Å². The highest BCUT2D eigenvalue weighted by Crippen LogP contribution is 2.27. The Bertz CT molecular complexity index is 422. The van der Waals surface area contributed by atoms with E-state index in [4.69, 9.17) is 5.73 Å². The number of hydrogen-bond acceptors (Lipinski definition) is 2. The van der Waals surface area contributed by atoms with Gasteiger partial charge in [0.05, 0.1) is 5.92 Å². The fourth-order valence-corrected chi connectivity index (χ4v) is 2.36. The highest BCUT2D eigenvalue weighted by molar-refractivity contribution is 5.95. The minimum atomic E-state index is -0.335. The summed E-state index contributed by atoms with van der Waals surface area (Å²) >= 11 is 0. The van der Waals surface area contributed by atoms with Gasteiger partial charge < -0.3 is 10.6 Å². The highest BCUT2D eigenvalue weighted by atomic mass is 19.1. The molecule has 1 amide bonds. The van der Waals surface area contributed by atoms with E-state index in [1.165, 1.54) is 17.0 Å². The predicted octanol–water partition coefficient (Wildman–Crippen LogP) is 1.92. The monoisotopic (exact) mass is 236 g/mol. The summed E-state index contributed by atoms with van der Waals surface area (Å²) in [4.78, 5) is 13.7. The average molecular weight is 236 g/mol. The Morgan fingerprint density at radius 2 is 2.24 bits per heavy atom. The summed E-state index contributed by atoms with van der Waals surface area (Å²) in [6.45, 7) is 0. The first-order chi connectivity index (χ1) is 8.09. The number of halogens is 1. The summed E-state index contributed by atoms with van der Waals surface area (Å²) in [5.74, 6) is -0.471. The van der Waals surface area contributed by atoms with Gasteiger partial charge in [-0.25, -0.2) is 4.39 Å². The van der Waals surface area contributed by atoms with Crippen LogP contribution in [0.15, 0.2) is 24.3 Å². The van der Waals surface area contributed by atoms with Crippen molar-refractivity contribution in [3.8, 4) is 0 Å². The summed E-state index contributed by atoms with van der Waals surface area (Å²) < 4.78 is 13.1. The normalized spacial score (nSPS) is 23.7. The van der Waals surface area contributed by atoms with Gasteiger partial charge in [-0.3, -0.25) is 4.79 Å². The van der Waals surface area contributed by atoms with Crippen molar-refractivity contribution in [2.45, 2.75) is 25.3 Å². The summed E-state index contributed by atoms with van der Waals surface area (Å²) in [6, 6.07) is 5.99. The van der Waals surface area contributed by atoms with E-state index in [1.807, 2.05) is 0 Å². The second-order valence-electron chi connectivity index (χ2n) is 4.58. The number of nitrogens with two attached hydrogens (primary N) is 1. The maximum absolute atomic E-state index is 13.1. The molecule has 1 aliphatic rings. The van der Waals surface area contributed by atoms with Crippen molar-refractivity contribution in [3.05, 3.63) is 30.1 Å². The van der Waals surface area contributed by atoms with Crippen molar-refractivity contribution in [3.63, 3.8) is 0 Å². The summed E-state index contributed by atoms with van der Waals surface area (Å²) in [5.41, 5.74) is 6.48. The van der Waals surface area contributed by atoms with Crippen LogP contribution in [0, 0.1) is 11.7 Å². The molecule has 1 aromatic rings. The van der Waals surface area contributed by atoms with Crippen LogP contribution in [-0.4, -0.2) is 19.0 Å². The molecule has 0 heterocycles. The molecule has 1 aromatic carbocycles. The molecule has 0 saturated heterocycles. The molecule has 2 rings (SSSR count). The Morgan fingerprint density at radius 3 is 2.82 bits per heavy atom. The van der Waals surface area contributed by atoms with Crippen LogP contribution in [-0.2, 0) is 4.79 Å². The number of rotatable bonds is 2. The minimum Gasteiger partial charge on any atom is -0.327 e. The van der Waals surface area contributed by atoms with E-state index in [2.05, 4.69) is 0 Å². The number of anilines is 1. The molecule has 1 aliphatic carbocycles. The molecule has 3 nitrogen and oxygen atoms in total. The van der Waals surface area contributed by atoms with Crippen molar-refractivity contribution in [2.75, 3.05) is 11.9 Å². The van der Waals surface area contributed by atoms with Crippen molar-refractivity contribution in [1.82, 2.24) is 0 Å². The molecule has 0 aliphatic heterocycles. The molecule has 1 fully saturated rings. The van der Waals surface area contributed by atoms with Crippen LogP contribution in [0.1, 0.15) is 19.3 Å². The zero-order chi connectivity index (χ0) is 12.4. The lowest BCUT2D eigenvalue weighted by molar-refractivity contribution is -0.122. The lowest BCUT2D eigenvalue weighted by atomic mass is 10.0. The van der Waals surface area contributed by atoms with Gasteiger partial charge in [-0.15, -0.1) is 0 Å². The number of hydrogen-bond donors (Lipinski definition) is 1. The first-order valence-corrected chi connectivity index (χ1v) is 5.88. The highest BCUT2D eigenvalue weighted by Gasteiger charge is 2.32. The van der Waals surface area contributed by atoms with Gasteiger partial charge in [0, 0.05) is 18.8 Å². The van der Waals surface area contributed by atoms with Gasteiger partial charge in [0.15, 0.2) is 0 Å². The topological polar surface area (TPSA) is 46.3 Å². The zero-order valence-electron chi connectivity index (χ0n) is 9.90. The van der Waals surface area contributed by atoms with Gasteiger partial charge in [0.2, 0.25) is 5.91 Å². The van der Waals surface area contributed by atoms with Crippen LogP contribution in [0.25, 0.3) is 0 Å². The maximum atomic E-state index is 13.1. The lowest BCUT2D eigenvalue weighted by Crippen LogP contribution is -2.39. The van der Waals surface area contributed by atoms with E-state index < -0.39 is 0 Å². The third-order valence-electron chi connectivity index (χ3n) is 3.41. The van der Waals surface area contributed by atoms with Gasteiger partial charge in [-0.05, 0) is 31.0 Å². The van der Waals surface area contributed by atoms with Gasteiger partial charge >= 0.3 is 0 Å². The van der Waals surface area contributed by atoms with E-state index in [0.717, 1.165) is 19.3 Å². The third kappa shape index (κ3) is 2.47. The fourth-order valence-electron chi connectivity index (χ4n) is 2.36. The van der Waals surface area contributed by atoms with E-state index in [1.54, 1.807) is 19.2 Å². The quantitative estimate of drug-likeness (QED) is 0.852. The molecular formula is C13H17FN2O. The first-order valence-electron chi connectivity index (χ1n) is 5.88. The van der Waals surface area contributed by atoms with Gasteiger partial charge in [0.25, 0.3) is 0 Å². The molecule has 2 unspecified atom stereocenters. The first kappa shape index (κ1) is 12.0. The second kappa shape index (κ2) is 4.84. The summed E-state index contributed by atoms with van der Waals surface area (Å²) in [6.07, 6.45) is 2.72. The van der Waals surface area contributed by atoms with E-state index in [0.29, 0.717) is 5.69 Å². The Morgan fingerprint density at radius 1 is 1.47 bits per heavy atom. The van der Waals surface area contributed by atoms with Crippen LogP contribution in [0.5, 0.6) is 0 Å². The van der Waals surface area contributed by atoms with Gasteiger partial charge in [-0.1, -0.05) is 12.5 Å². The fraction of sp³-hybridized carbons (Fsp3) is 0.462. The van der Waals surface area contributed by atoms with Crippen LogP contribution in [0.3, 0.4) is 0 Å². The van der Waals surface area contributed by atoms with Crippen LogP contribution >= 0.6 is 0 Å². The molecule has 4 heteroatoms. The van der Waals surface area contributed by atoms with Crippen LogP contribution < -0.4 is 10.6 Å². The van der Waals surface area contributed by atoms with Crippen molar-refractivity contribution in [2.24, 2.45) is 11.7 Å². The lowest BCUT2D eigenvalue weighted by Gasteiger charge is -2.23. The molecule has 0 radical (unpaired) electrons. The average Bonchev–Trinajstić information content (AvgIpc) is 2.73. The molecule has 1 saturated carbocycles. The SMILES string of the molecule is CN(C(=O)C1CCCC1N)c1cccc(F)c1. The van der Waals surface area contributed by atoms with Crippen molar-refractivity contribution < 1.29 is 9.18 Å². The van der Waals surface area contributed by atoms with Crippen LogP contribution in [0.4, 0.5) is 10.1 Å². The Hall–Kier alpha value is -1.42. The number of benzene rings is 1.